The van der Waals surface area contributed by atoms with E-state index in [0.717, 1.165) is 6.42 Å². The van der Waals surface area contributed by atoms with Gasteiger partial charge >= 0.3 is 0 Å². The summed E-state index contributed by atoms with van der Waals surface area (Å²) in [6, 6.07) is 5.93. The van der Waals surface area contributed by atoms with Crippen LogP contribution in [0.1, 0.15) is 51.4 Å². The molecule has 0 spiro atoms. The summed E-state index contributed by atoms with van der Waals surface area (Å²) < 4.78 is 26.5. The minimum Gasteiger partial charge on any atom is -0.346 e. The summed E-state index contributed by atoms with van der Waals surface area (Å²) in [5.74, 6) is 0.0538. The van der Waals surface area contributed by atoms with Crippen molar-refractivity contribution >= 4 is 15.9 Å². The monoisotopic (exact) mass is 369 g/mol. The van der Waals surface area contributed by atoms with Gasteiger partial charge in [0.25, 0.3) is 5.91 Å². The molecule has 0 aliphatic rings. The van der Waals surface area contributed by atoms with Crippen molar-refractivity contribution in [2.24, 2.45) is 11.7 Å². The van der Waals surface area contributed by atoms with Crippen molar-refractivity contribution in [1.29, 1.82) is 0 Å². The maximum atomic E-state index is 12.6. The van der Waals surface area contributed by atoms with Crippen LogP contribution in [0, 0.1) is 5.92 Å². The average Bonchev–Trinajstić information content (AvgIpc) is 2.53. The highest BCUT2D eigenvalue weighted by Gasteiger charge is 2.28. The van der Waals surface area contributed by atoms with Crippen LogP contribution in [-0.2, 0) is 10.0 Å². The minimum absolute atomic E-state index is 0.106. The zero-order valence-electron chi connectivity index (χ0n) is 16.0. The summed E-state index contributed by atoms with van der Waals surface area (Å²) in [6.07, 6.45) is 0.739. The van der Waals surface area contributed by atoms with Crippen molar-refractivity contribution in [3.8, 4) is 0 Å². The van der Waals surface area contributed by atoms with Crippen molar-refractivity contribution in [1.82, 2.24) is 9.62 Å². The Morgan fingerprint density at radius 2 is 1.88 bits per heavy atom. The molecule has 142 valence electrons. The molecule has 0 aliphatic carbocycles. The summed E-state index contributed by atoms with van der Waals surface area (Å²) in [6.45, 7) is 9.94. The fourth-order valence-electron chi connectivity index (χ4n) is 2.67. The number of nitrogens with zero attached hydrogens (tertiary/aromatic N) is 1. The third kappa shape index (κ3) is 5.52. The summed E-state index contributed by atoms with van der Waals surface area (Å²) in [7, 11) is -2.11. The third-order valence-electron chi connectivity index (χ3n) is 4.23. The quantitative estimate of drug-likeness (QED) is 0.735. The molecule has 0 aliphatic heterocycles. The molecule has 0 aromatic heterocycles. The fourth-order valence-corrected chi connectivity index (χ4v) is 4.09. The molecule has 1 rings (SSSR count). The number of hydrogen-bond donors (Lipinski definition) is 2. The average molecular weight is 370 g/mol. The molecule has 0 heterocycles. The van der Waals surface area contributed by atoms with E-state index in [1.54, 1.807) is 26.0 Å². The molecule has 1 unspecified atom stereocenters. The van der Waals surface area contributed by atoms with Crippen LogP contribution in [0.15, 0.2) is 29.2 Å². The normalized spacial score (nSPS) is 14.8. The molecule has 1 amide bonds. The number of rotatable bonds is 8. The Bertz CT molecular complexity index is 701. The Morgan fingerprint density at radius 1 is 1.28 bits per heavy atom. The third-order valence-corrected chi connectivity index (χ3v) is 6.25. The van der Waals surface area contributed by atoms with Gasteiger partial charge in [-0.2, -0.15) is 4.31 Å². The minimum atomic E-state index is -3.63. The Morgan fingerprint density at radius 3 is 2.36 bits per heavy atom. The predicted molar refractivity (Wildman–Crippen MR) is 101 cm³/mol. The first-order valence-electron chi connectivity index (χ1n) is 8.53. The molecule has 1 atom stereocenters. The molecule has 0 saturated heterocycles. The van der Waals surface area contributed by atoms with E-state index in [9.17, 15) is 13.2 Å². The van der Waals surface area contributed by atoms with Crippen molar-refractivity contribution in [2.75, 3.05) is 13.6 Å². The fraction of sp³-hybridized carbons (Fsp3) is 0.611. The van der Waals surface area contributed by atoms with Gasteiger partial charge in [-0.1, -0.05) is 19.9 Å². The number of sulfonamides is 1. The van der Waals surface area contributed by atoms with Gasteiger partial charge in [0.05, 0.1) is 4.90 Å². The highest BCUT2D eigenvalue weighted by Crippen LogP contribution is 2.20. The Hall–Kier alpha value is -1.44. The second-order valence-corrected chi connectivity index (χ2v) is 9.46. The standard InChI is InChI=1S/C18H31N3O3S/c1-13(2)11-18(5,12-19)20-17(22)15-8-7-9-16(10-15)25(23,24)21(6)14(3)4/h7-10,13-14H,11-12,19H2,1-6H3,(H,20,22). The van der Waals surface area contributed by atoms with Gasteiger partial charge in [-0.15, -0.1) is 0 Å². The zero-order valence-corrected chi connectivity index (χ0v) is 16.9. The Balaban J connectivity index is 3.11. The Kier molecular flexibility index (Phi) is 7.17. The van der Waals surface area contributed by atoms with E-state index >= 15 is 0 Å². The van der Waals surface area contributed by atoms with Crippen LogP contribution < -0.4 is 11.1 Å². The Labute approximate surface area is 151 Å². The topological polar surface area (TPSA) is 92.5 Å². The van der Waals surface area contributed by atoms with E-state index in [0.29, 0.717) is 18.0 Å². The number of hydrogen-bond acceptors (Lipinski definition) is 4. The zero-order chi connectivity index (χ0) is 19.4. The van der Waals surface area contributed by atoms with Gasteiger partial charge in [-0.3, -0.25) is 4.79 Å². The largest absolute Gasteiger partial charge is 0.346 e. The lowest BCUT2D eigenvalue weighted by Gasteiger charge is -2.31. The second kappa shape index (κ2) is 8.29. The van der Waals surface area contributed by atoms with E-state index in [-0.39, 0.29) is 16.8 Å². The van der Waals surface area contributed by atoms with Crippen LogP contribution in [0.25, 0.3) is 0 Å². The molecular weight excluding hydrogens is 338 g/mol. The van der Waals surface area contributed by atoms with Crippen LogP contribution >= 0.6 is 0 Å². The van der Waals surface area contributed by atoms with E-state index in [2.05, 4.69) is 19.2 Å². The number of carbonyl (C=O) groups excluding carboxylic acids is 1. The molecule has 1 aromatic rings. The van der Waals surface area contributed by atoms with Crippen molar-refractivity contribution < 1.29 is 13.2 Å². The smallest absolute Gasteiger partial charge is 0.251 e. The van der Waals surface area contributed by atoms with Crippen molar-refractivity contribution in [3.05, 3.63) is 29.8 Å². The van der Waals surface area contributed by atoms with Gasteiger partial charge in [-0.05, 0) is 51.3 Å². The number of nitrogens with two attached hydrogens (primary N) is 1. The lowest BCUT2D eigenvalue weighted by atomic mass is 9.90. The van der Waals surface area contributed by atoms with Crippen LogP contribution in [-0.4, -0.2) is 43.8 Å². The summed E-state index contributed by atoms with van der Waals surface area (Å²) >= 11 is 0. The number of amides is 1. The van der Waals surface area contributed by atoms with Crippen LogP contribution in [0.2, 0.25) is 0 Å². The molecule has 0 fully saturated rings. The van der Waals surface area contributed by atoms with Crippen molar-refractivity contribution in [3.63, 3.8) is 0 Å². The lowest BCUT2D eigenvalue weighted by molar-refractivity contribution is 0.0898. The van der Waals surface area contributed by atoms with E-state index in [4.69, 9.17) is 5.73 Å². The summed E-state index contributed by atoms with van der Waals surface area (Å²) in [4.78, 5) is 12.7. The second-order valence-electron chi connectivity index (χ2n) is 7.46. The van der Waals surface area contributed by atoms with Gasteiger partial charge in [0.2, 0.25) is 10.0 Å². The molecular formula is C18H31N3O3S. The van der Waals surface area contributed by atoms with E-state index < -0.39 is 15.6 Å². The van der Waals surface area contributed by atoms with Crippen LogP contribution in [0.3, 0.4) is 0 Å². The molecule has 3 N–H and O–H groups in total. The first kappa shape index (κ1) is 21.6. The van der Waals surface area contributed by atoms with Crippen molar-refractivity contribution in [2.45, 2.75) is 57.5 Å². The molecule has 0 radical (unpaired) electrons. The SMILES string of the molecule is CC(C)CC(C)(CN)NC(=O)c1cccc(S(=O)(=O)N(C)C(C)C)c1. The first-order valence-corrected chi connectivity index (χ1v) is 9.97. The molecule has 7 heteroatoms. The molecule has 25 heavy (non-hydrogen) atoms. The maximum absolute atomic E-state index is 12.6. The summed E-state index contributed by atoms with van der Waals surface area (Å²) in [5, 5.41) is 2.95. The van der Waals surface area contributed by atoms with Gasteiger partial charge in [-0.25, -0.2) is 8.42 Å². The van der Waals surface area contributed by atoms with E-state index in [1.807, 2.05) is 6.92 Å². The first-order chi connectivity index (χ1) is 11.4. The molecule has 0 bridgehead atoms. The maximum Gasteiger partial charge on any atom is 0.251 e. The van der Waals surface area contributed by atoms with Gasteiger partial charge in [0, 0.05) is 30.7 Å². The highest BCUT2D eigenvalue weighted by atomic mass is 32.2. The predicted octanol–water partition coefficient (Wildman–Crippen LogP) is 2.21. The number of carbonyl (C=O) groups is 1. The number of benzene rings is 1. The van der Waals surface area contributed by atoms with Crippen LogP contribution in [0.4, 0.5) is 0 Å². The number of nitrogens with one attached hydrogen (secondary N) is 1. The van der Waals surface area contributed by atoms with Gasteiger partial charge in [0.1, 0.15) is 0 Å². The highest BCUT2D eigenvalue weighted by molar-refractivity contribution is 7.89. The van der Waals surface area contributed by atoms with Crippen LogP contribution in [0.5, 0.6) is 0 Å². The summed E-state index contributed by atoms with van der Waals surface area (Å²) in [5.41, 5.74) is 5.61. The van der Waals surface area contributed by atoms with E-state index in [1.165, 1.54) is 23.5 Å². The lowest BCUT2D eigenvalue weighted by Crippen LogP contribution is -2.52. The van der Waals surface area contributed by atoms with Gasteiger partial charge < -0.3 is 11.1 Å². The van der Waals surface area contributed by atoms with Gasteiger partial charge in [0.15, 0.2) is 0 Å². The molecule has 1 aromatic carbocycles. The molecule has 6 nitrogen and oxygen atoms in total. The molecule has 0 saturated carbocycles.